The first-order valence-corrected chi connectivity index (χ1v) is 9.32. The second kappa shape index (κ2) is 6.81. The molecule has 4 rings (SSSR count). The number of aromatic nitrogens is 1. The van der Waals surface area contributed by atoms with Gasteiger partial charge in [0.05, 0.1) is 28.0 Å². The van der Waals surface area contributed by atoms with E-state index in [-0.39, 0.29) is 28.2 Å². The number of hydrogen-bond donors (Lipinski definition) is 1. The molecule has 0 radical (unpaired) electrons. The lowest BCUT2D eigenvalue weighted by atomic mass is 10.1. The molecule has 1 N–H and O–H groups in total. The molecule has 0 unspecified atom stereocenters. The number of benzene rings is 2. The number of aryl methyl sites for hydroxylation is 1. The van der Waals surface area contributed by atoms with Crippen molar-refractivity contribution in [3.05, 3.63) is 74.4 Å². The maximum atomic E-state index is 14.6. The zero-order chi connectivity index (χ0) is 20.0. The first-order chi connectivity index (χ1) is 13.4. The molecule has 1 aliphatic rings. The SMILES string of the molecule is Cc1scnc1C(=O)Nc1ccc(N2C(=O)c3ccc(Cl)cc3C2=O)cc1F. The van der Waals surface area contributed by atoms with Gasteiger partial charge in [-0.1, -0.05) is 11.6 Å². The fraction of sp³-hybridized carbons (Fsp3) is 0.0526. The van der Waals surface area contributed by atoms with Crippen molar-refractivity contribution in [2.45, 2.75) is 6.92 Å². The molecule has 0 saturated heterocycles. The van der Waals surface area contributed by atoms with Gasteiger partial charge in [-0.05, 0) is 37.3 Å². The highest BCUT2D eigenvalue weighted by Gasteiger charge is 2.37. The van der Waals surface area contributed by atoms with Crippen molar-refractivity contribution in [2.24, 2.45) is 0 Å². The molecule has 0 fully saturated rings. The largest absolute Gasteiger partial charge is 0.318 e. The fourth-order valence-electron chi connectivity index (χ4n) is 2.90. The molecular weight excluding hydrogens is 405 g/mol. The number of nitrogens with zero attached hydrogens (tertiary/aromatic N) is 2. The highest BCUT2D eigenvalue weighted by atomic mass is 35.5. The molecule has 3 aromatic rings. The Labute approximate surface area is 167 Å². The molecule has 1 aliphatic heterocycles. The summed E-state index contributed by atoms with van der Waals surface area (Å²) in [6.07, 6.45) is 0. The van der Waals surface area contributed by atoms with Crippen LogP contribution in [0.2, 0.25) is 5.02 Å². The van der Waals surface area contributed by atoms with Crippen LogP contribution in [0.15, 0.2) is 41.9 Å². The van der Waals surface area contributed by atoms with Crippen molar-refractivity contribution in [3.8, 4) is 0 Å². The monoisotopic (exact) mass is 415 g/mol. The van der Waals surface area contributed by atoms with Gasteiger partial charge in [0.15, 0.2) is 0 Å². The molecule has 2 heterocycles. The molecule has 0 atom stereocenters. The minimum absolute atomic E-state index is 0.0580. The van der Waals surface area contributed by atoms with Crippen LogP contribution in [0.3, 0.4) is 0 Å². The van der Waals surface area contributed by atoms with Crippen molar-refractivity contribution in [1.82, 2.24) is 4.98 Å². The molecule has 3 amide bonds. The van der Waals surface area contributed by atoms with Crippen molar-refractivity contribution in [3.63, 3.8) is 0 Å². The zero-order valence-electron chi connectivity index (χ0n) is 14.3. The van der Waals surface area contributed by atoms with Gasteiger partial charge in [-0.2, -0.15) is 0 Å². The molecule has 1 aromatic heterocycles. The number of carbonyl (C=O) groups is 3. The fourth-order valence-corrected chi connectivity index (χ4v) is 3.64. The second-order valence-electron chi connectivity index (χ2n) is 6.01. The van der Waals surface area contributed by atoms with Gasteiger partial charge in [0.25, 0.3) is 17.7 Å². The van der Waals surface area contributed by atoms with Gasteiger partial charge in [-0.15, -0.1) is 11.3 Å². The Morgan fingerprint density at radius 1 is 1.14 bits per heavy atom. The van der Waals surface area contributed by atoms with Crippen molar-refractivity contribution in [2.75, 3.05) is 10.2 Å². The normalized spacial score (nSPS) is 13.0. The van der Waals surface area contributed by atoms with Crippen LogP contribution in [-0.4, -0.2) is 22.7 Å². The number of thiazole rings is 1. The molecule has 28 heavy (non-hydrogen) atoms. The summed E-state index contributed by atoms with van der Waals surface area (Å²) in [5.41, 5.74) is 2.08. The van der Waals surface area contributed by atoms with Crippen LogP contribution >= 0.6 is 22.9 Å². The summed E-state index contributed by atoms with van der Waals surface area (Å²) in [5.74, 6) is -2.48. The van der Waals surface area contributed by atoms with E-state index >= 15 is 0 Å². The van der Waals surface area contributed by atoms with E-state index in [9.17, 15) is 18.8 Å². The van der Waals surface area contributed by atoms with Crippen LogP contribution in [0, 0.1) is 12.7 Å². The smallest absolute Gasteiger partial charge is 0.275 e. The number of hydrogen-bond acceptors (Lipinski definition) is 5. The van der Waals surface area contributed by atoms with E-state index in [2.05, 4.69) is 10.3 Å². The van der Waals surface area contributed by atoms with Crippen LogP contribution in [0.1, 0.15) is 36.1 Å². The molecule has 140 valence electrons. The number of nitrogens with one attached hydrogen (secondary N) is 1. The Kier molecular flexibility index (Phi) is 4.44. The minimum atomic E-state index is -0.784. The third kappa shape index (κ3) is 2.96. The van der Waals surface area contributed by atoms with Gasteiger partial charge in [-0.25, -0.2) is 14.3 Å². The Bertz CT molecular complexity index is 1160. The maximum absolute atomic E-state index is 14.6. The van der Waals surface area contributed by atoms with E-state index in [1.165, 1.54) is 47.2 Å². The summed E-state index contributed by atoms with van der Waals surface area (Å²) in [6.45, 7) is 1.74. The molecule has 9 heteroatoms. The second-order valence-corrected chi connectivity index (χ2v) is 7.51. The van der Waals surface area contributed by atoms with Crippen LogP contribution in [0.4, 0.5) is 15.8 Å². The Morgan fingerprint density at radius 3 is 2.57 bits per heavy atom. The molecule has 2 aromatic carbocycles. The Balaban J connectivity index is 1.62. The van der Waals surface area contributed by atoms with E-state index in [4.69, 9.17) is 11.6 Å². The van der Waals surface area contributed by atoms with Gasteiger partial charge in [0, 0.05) is 16.0 Å². The summed E-state index contributed by atoms with van der Waals surface area (Å²) in [6, 6.07) is 8.07. The number of imide groups is 1. The van der Waals surface area contributed by atoms with Gasteiger partial charge < -0.3 is 5.32 Å². The van der Waals surface area contributed by atoms with Crippen molar-refractivity contribution in [1.29, 1.82) is 0 Å². The number of halogens is 2. The van der Waals surface area contributed by atoms with Gasteiger partial charge in [0.2, 0.25) is 0 Å². The molecule has 0 saturated carbocycles. The number of rotatable bonds is 3. The van der Waals surface area contributed by atoms with Crippen LogP contribution in [0.5, 0.6) is 0 Å². The molecule has 0 aliphatic carbocycles. The van der Waals surface area contributed by atoms with Crippen LogP contribution < -0.4 is 10.2 Å². The van der Waals surface area contributed by atoms with Crippen molar-refractivity contribution < 1.29 is 18.8 Å². The average Bonchev–Trinajstić information content (AvgIpc) is 3.19. The van der Waals surface area contributed by atoms with E-state index in [1.807, 2.05) is 0 Å². The van der Waals surface area contributed by atoms with Gasteiger partial charge >= 0.3 is 0 Å². The van der Waals surface area contributed by atoms with E-state index in [0.29, 0.717) is 9.90 Å². The topological polar surface area (TPSA) is 79.4 Å². The van der Waals surface area contributed by atoms with Gasteiger partial charge in [-0.3, -0.25) is 14.4 Å². The highest BCUT2D eigenvalue weighted by molar-refractivity contribution is 7.09. The third-order valence-electron chi connectivity index (χ3n) is 4.27. The van der Waals surface area contributed by atoms with Crippen LogP contribution in [0.25, 0.3) is 0 Å². The van der Waals surface area contributed by atoms with E-state index in [1.54, 1.807) is 6.92 Å². The molecule has 0 bridgehead atoms. The number of anilines is 2. The lowest BCUT2D eigenvalue weighted by Gasteiger charge is -2.15. The molecule has 6 nitrogen and oxygen atoms in total. The molecular formula is C19H11ClFN3O3S. The lowest BCUT2D eigenvalue weighted by molar-refractivity contribution is 0.0924. The zero-order valence-corrected chi connectivity index (χ0v) is 15.9. The standard InChI is InChI=1S/C19H11ClFN3O3S/c1-9-16(22-8-28-9)17(25)23-15-5-3-11(7-14(15)21)24-18(26)12-4-2-10(20)6-13(12)19(24)27/h2-8H,1H3,(H,23,25). The highest BCUT2D eigenvalue weighted by Crippen LogP contribution is 2.32. The summed E-state index contributed by atoms with van der Waals surface area (Å²) < 4.78 is 14.6. The summed E-state index contributed by atoms with van der Waals surface area (Å²) in [7, 11) is 0. The number of fused-ring (bicyclic) bond motifs is 1. The predicted molar refractivity (Wildman–Crippen MR) is 104 cm³/mol. The van der Waals surface area contributed by atoms with Crippen molar-refractivity contribution >= 4 is 52.0 Å². The number of amides is 3. The van der Waals surface area contributed by atoms with E-state index in [0.717, 1.165) is 11.0 Å². The minimum Gasteiger partial charge on any atom is -0.318 e. The quantitative estimate of drug-likeness (QED) is 0.647. The Morgan fingerprint density at radius 2 is 1.89 bits per heavy atom. The van der Waals surface area contributed by atoms with Crippen LogP contribution in [-0.2, 0) is 0 Å². The maximum Gasteiger partial charge on any atom is 0.275 e. The number of carbonyl (C=O) groups excluding carboxylic acids is 3. The Hall–Kier alpha value is -3.10. The summed E-state index contributed by atoms with van der Waals surface area (Å²) >= 11 is 7.20. The summed E-state index contributed by atoms with van der Waals surface area (Å²) in [4.78, 5) is 42.9. The first-order valence-electron chi connectivity index (χ1n) is 8.06. The van der Waals surface area contributed by atoms with E-state index < -0.39 is 23.5 Å². The lowest BCUT2D eigenvalue weighted by Crippen LogP contribution is -2.29. The average molecular weight is 416 g/mol. The van der Waals surface area contributed by atoms with Gasteiger partial charge in [0.1, 0.15) is 11.5 Å². The molecule has 0 spiro atoms. The first kappa shape index (κ1) is 18.3. The third-order valence-corrected chi connectivity index (χ3v) is 5.26. The predicted octanol–water partition coefficient (Wildman–Crippen LogP) is 4.30. The summed E-state index contributed by atoms with van der Waals surface area (Å²) in [5, 5.41) is 2.77.